The monoisotopic (exact) mass is 217 g/mol. The Balaban J connectivity index is 3.70. The Hall–Kier alpha value is -1.26. The molecule has 88 valence electrons. The molecule has 0 aromatic heterocycles. The van der Waals surface area contributed by atoms with E-state index < -0.39 is 12.1 Å². The quantitative estimate of drug-likeness (QED) is 0.498. The van der Waals surface area contributed by atoms with Crippen molar-refractivity contribution in [3.8, 4) is 0 Å². The van der Waals surface area contributed by atoms with Crippen molar-refractivity contribution in [2.45, 2.75) is 26.7 Å². The lowest BCUT2D eigenvalue weighted by Crippen LogP contribution is -2.33. The third-order valence-corrected chi connectivity index (χ3v) is 1.71. The fraction of sp³-hybridized carbons (Fsp3) is 0.800. The molecular formula is C10H19NO4. The topological polar surface area (TPSA) is 55.8 Å². The van der Waals surface area contributed by atoms with E-state index in [4.69, 9.17) is 9.47 Å². The van der Waals surface area contributed by atoms with Crippen LogP contribution in [0.15, 0.2) is 0 Å². The van der Waals surface area contributed by atoms with Crippen LogP contribution < -0.4 is 0 Å². The van der Waals surface area contributed by atoms with Gasteiger partial charge >= 0.3 is 12.1 Å². The van der Waals surface area contributed by atoms with E-state index in [-0.39, 0.29) is 6.54 Å². The van der Waals surface area contributed by atoms with E-state index in [2.05, 4.69) is 0 Å². The lowest BCUT2D eigenvalue weighted by molar-refractivity contribution is -0.144. The van der Waals surface area contributed by atoms with Gasteiger partial charge in [0.15, 0.2) is 0 Å². The summed E-state index contributed by atoms with van der Waals surface area (Å²) >= 11 is 0. The van der Waals surface area contributed by atoms with Gasteiger partial charge < -0.3 is 14.4 Å². The maximum atomic E-state index is 11.2. The molecule has 0 rings (SSSR count). The van der Waals surface area contributed by atoms with Crippen molar-refractivity contribution in [2.75, 3.05) is 26.8 Å². The summed E-state index contributed by atoms with van der Waals surface area (Å²) in [6, 6.07) is 0. The predicted octanol–water partition coefficient (Wildman–Crippen LogP) is 1.42. The van der Waals surface area contributed by atoms with Gasteiger partial charge in [-0.25, -0.2) is 4.79 Å². The van der Waals surface area contributed by atoms with Crippen LogP contribution in [-0.4, -0.2) is 43.8 Å². The molecule has 0 aliphatic rings. The molecule has 15 heavy (non-hydrogen) atoms. The first-order valence-corrected chi connectivity index (χ1v) is 5.15. The molecule has 5 nitrogen and oxygen atoms in total. The van der Waals surface area contributed by atoms with Gasteiger partial charge in [0.05, 0.1) is 13.2 Å². The molecule has 0 spiro atoms. The number of ether oxygens (including phenoxy) is 2. The molecule has 0 atom stereocenters. The summed E-state index contributed by atoms with van der Waals surface area (Å²) < 4.78 is 9.60. The number of esters is 1. The van der Waals surface area contributed by atoms with Crippen LogP contribution in [0.4, 0.5) is 4.79 Å². The minimum absolute atomic E-state index is 0.0669. The number of carbonyl (C=O) groups is 2. The average molecular weight is 217 g/mol. The molecule has 0 aliphatic heterocycles. The maximum Gasteiger partial charge on any atom is 0.410 e. The highest BCUT2D eigenvalue weighted by atomic mass is 16.6. The number of likely N-dealkylation sites (N-methyl/N-ethyl adjacent to an activating group) is 1. The Kier molecular flexibility index (Phi) is 7.40. The number of nitrogens with zero attached hydrogens (tertiary/aromatic N) is 1. The summed E-state index contributed by atoms with van der Waals surface area (Å²) in [5.41, 5.74) is 0. The Morgan fingerprint density at radius 1 is 1.20 bits per heavy atom. The van der Waals surface area contributed by atoms with Crippen molar-refractivity contribution >= 4 is 12.1 Å². The number of rotatable bonds is 6. The lowest BCUT2D eigenvalue weighted by atomic mass is 10.4. The van der Waals surface area contributed by atoms with Gasteiger partial charge in [-0.2, -0.15) is 0 Å². The molecule has 0 saturated heterocycles. The first-order valence-electron chi connectivity index (χ1n) is 5.15. The fourth-order valence-corrected chi connectivity index (χ4v) is 0.868. The lowest BCUT2D eigenvalue weighted by Gasteiger charge is -2.15. The van der Waals surface area contributed by atoms with E-state index in [0.29, 0.717) is 13.2 Å². The summed E-state index contributed by atoms with van der Waals surface area (Å²) in [5.74, 6) is -0.404. The fourth-order valence-electron chi connectivity index (χ4n) is 0.868. The zero-order chi connectivity index (χ0) is 11.7. The van der Waals surface area contributed by atoms with Gasteiger partial charge in [0.2, 0.25) is 0 Å². The third-order valence-electron chi connectivity index (χ3n) is 1.71. The van der Waals surface area contributed by atoms with Crippen LogP contribution in [0.5, 0.6) is 0 Å². The SMILES string of the molecule is CCCCOC(=O)CN(C)C(=O)OCC. The van der Waals surface area contributed by atoms with Gasteiger partial charge in [-0.05, 0) is 13.3 Å². The number of hydrogen-bond donors (Lipinski definition) is 0. The molecule has 0 saturated carbocycles. The molecule has 0 fully saturated rings. The van der Waals surface area contributed by atoms with Crippen LogP contribution in [0.3, 0.4) is 0 Å². The summed E-state index contributed by atoms with van der Waals surface area (Å²) in [5, 5.41) is 0. The second-order valence-corrected chi connectivity index (χ2v) is 3.13. The van der Waals surface area contributed by atoms with E-state index in [1.807, 2.05) is 6.92 Å². The van der Waals surface area contributed by atoms with Crippen LogP contribution in [0.25, 0.3) is 0 Å². The van der Waals surface area contributed by atoms with Crippen LogP contribution >= 0.6 is 0 Å². The molecule has 0 unspecified atom stereocenters. The molecule has 0 heterocycles. The number of amides is 1. The first-order chi connectivity index (χ1) is 7.11. The molecule has 1 amide bonds. The van der Waals surface area contributed by atoms with E-state index >= 15 is 0 Å². The van der Waals surface area contributed by atoms with Crippen molar-refractivity contribution in [3.63, 3.8) is 0 Å². The largest absolute Gasteiger partial charge is 0.464 e. The number of unbranched alkanes of at least 4 members (excludes halogenated alkanes) is 1. The molecule has 0 aromatic carbocycles. The van der Waals surface area contributed by atoms with Gasteiger partial charge in [0.1, 0.15) is 6.54 Å². The highest BCUT2D eigenvalue weighted by Crippen LogP contribution is 1.93. The summed E-state index contributed by atoms with van der Waals surface area (Å²) in [7, 11) is 1.50. The molecule has 0 aliphatic carbocycles. The van der Waals surface area contributed by atoms with Crippen LogP contribution in [-0.2, 0) is 14.3 Å². The average Bonchev–Trinajstić information content (AvgIpc) is 2.18. The second-order valence-electron chi connectivity index (χ2n) is 3.13. The van der Waals surface area contributed by atoms with Gasteiger partial charge in [-0.3, -0.25) is 4.79 Å². The van der Waals surface area contributed by atoms with Gasteiger partial charge in [0, 0.05) is 7.05 Å². The van der Waals surface area contributed by atoms with Gasteiger partial charge in [-0.1, -0.05) is 13.3 Å². The number of hydrogen-bond acceptors (Lipinski definition) is 4. The minimum atomic E-state index is -0.509. The molecule has 0 N–H and O–H groups in total. The summed E-state index contributed by atoms with van der Waals surface area (Å²) in [6.45, 7) is 4.37. The van der Waals surface area contributed by atoms with Crippen molar-refractivity contribution in [2.24, 2.45) is 0 Å². The van der Waals surface area contributed by atoms with Crippen molar-refractivity contribution in [1.82, 2.24) is 4.90 Å². The van der Waals surface area contributed by atoms with E-state index in [0.717, 1.165) is 12.8 Å². The van der Waals surface area contributed by atoms with Crippen LogP contribution in [0, 0.1) is 0 Å². The smallest absolute Gasteiger partial charge is 0.410 e. The highest BCUT2D eigenvalue weighted by molar-refractivity contribution is 5.77. The Morgan fingerprint density at radius 3 is 2.40 bits per heavy atom. The third kappa shape index (κ3) is 6.76. The van der Waals surface area contributed by atoms with E-state index in [1.165, 1.54) is 11.9 Å². The first kappa shape index (κ1) is 13.7. The van der Waals surface area contributed by atoms with Crippen molar-refractivity contribution in [3.05, 3.63) is 0 Å². The maximum absolute atomic E-state index is 11.2. The molecule has 0 radical (unpaired) electrons. The Labute approximate surface area is 90.3 Å². The van der Waals surface area contributed by atoms with E-state index in [1.54, 1.807) is 6.92 Å². The summed E-state index contributed by atoms with van der Waals surface area (Å²) in [6.07, 6.45) is 1.31. The molecule has 0 aromatic rings. The molecule has 0 bridgehead atoms. The Morgan fingerprint density at radius 2 is 1.87 bits per heavy atom. The second kappa shape index (κ2) is 8.08. The van der Waals surface area contributed by atoms with Gasteiger partial charge in [-0.15, -0.1) is 0 Å². The Bertz CT molecular complexity index is 206. The molecule has 5 heteroatoms. The summed E-state index contributed by atoms with van der Waals surface area (Å²) in [4.78, 5) is 23.5. The predicted molar refractivity (Wildman–Crippen MR) is 55.5 cm³/mol. The highest BCUT2D eigenvalue weighted by Gasteiger charge is 2.13. The number of carbonyl (C=O) groups excluding carboxylic acids is 2. The van der Waals surface area contributed by atoms with E-state index in [9.17, 15) is 9.59 Å². The normalized spacial score (nSPS) is 9.53. The van der Waals surface area contributed by atoms with Crippen molar-refractivity contribution < 1.29 is 19.1 Å². The van der Waals surface area contributed by atoms with Crippen molar-refractivity contribution in [1.29, 1.82) is 0 Å². The standard InChI is InChI=1S/C10H19NO4/c1-4-6-7-15-9(12)8-11(3)10(13)14-5-2/h4-8H2,1-3H3. The zero-order valence-corrected chi connectivity index (χ0v) is 9.62. The van der Waals surface area contributed by atoms with Crippen LogP contribution in [0.1, 0.15) is 26.7 Å². The minimum Gasteiger partial charge on any atom is -0.464 e. The molecular weight excluding hydrogens is 198 g/mol. The zero-order valence-electron chi connectivity index (χ0n) is 9.62. The van der Waals surface area contributed by atoms with Gasteiger partial charge in [0.25, 0.3) is 0 Å². The van der Waals surface area contributed by atoms with Crippen LogP contribution in [0.2, 0.25) is 0 Å².